The first-order valence-electron chi connectivity index (χ1n) is 11.2. The number of carbonyl (C=O) groups is 2. The van der Waals surface area contributed by atoms with E-state index in [2.05, 4.69) is 5.32 Å². The van der Waals surface area contributed by atoms with Crippen LogP contribution in [0.1, 0.15) is 30.5 Å². The normalized spacial score (nSPS) is 13.6. The smallest absolute Gasteiger partial charge is 0.282 e. The second-order valence-electron chi connectivity index (χ2n) is 8.55. The molecular formula is C28H28N2O4. The molecule has 1 aliphatic heterocycles. The molecule has 0 bridgehead atoms. The largest absolute Gasteiger partial charge is 0.495 e. The van der Waals surface area contributed by atoms with E-state index >= 15 is 0 Å². The van der Waals surface area contributed by atoms with Crippen LogP contribution in [0.25, 0.3) is 5.57 Å². The maximum absolute atomic E-state index is 13.6. The van der Waals surface area contributed by atoms with Gasteiger partial charge in [0.1, 0.15) is 17.2 Å². The monoisotopic (exact) mass is 456 g/mol. The Labute approximate surface area is 199 Å². The lowest BCUT2D eigenvalue weighted by Gasteiger charge is -2.16. The van der Waals surface area contributed by atoms with Gasteiger partial charge >= 0.3 is 0 Å². The number of methoxy groups -OCH3 is 1. The number of benzene rings is 3. The molecule has 0 fully saturated rings. The molecular weight excluding hydrogens is 428 g/mol. The predicted molar refractivity (Wildman–Crippen MR) is 134 cm³/mol. The Morgan fingerprint density at radius 1 is 0.824 bits per heavy atom. The fourth-order valence-corrected chi connectivity index (χ4v) is 3.87. The molecule has 0 aromatic heterocycles. The highest BCUT2D eigenvalue weighted by Gasteiger charge is 2.40. The van der Waals surface area contributed by atoms with Gasteiger partial charge in [-0.3, -0.25) is 9.59 Å². The summed E-state index contributed by atoms with van der Waals surface area (Å²) in [4.78, 5) is 28.4. The molecule has 0 saturated carbocycles. The second kappa shape index (κ2) is 9.43. The molecule has 6 heteroatoms. The van der Waals surface area contributed by atoms with Crippen LogP contribution in [0.3, 0.4) is 0 Å². The van der Waals surface area contributed by atoms with Gasteiger partial charge in [0, 0.05) is 0 Å². The third-order valence-corrected chi connectivity index (χ3v) is 5.51. The van der Waals surface area contributed by atoms with Crippen molar-refractivity contribution >= 4 is 28.8 Å². The molecule has 3 aromatic rings. The molecule has 0 aliphatic carbocycles. The van der Waals surface area contributed by atoms with Crippen molar-refractivity contribution in [2.24, 2.45) is 0 Å². The number of nitrogens with zero attached hydrogens (tertiary/aromatic N) is 1. The second-order valence-corrected chi connectivity index (χ2v) is 8.55. The van der Waals surface area contributed by atoms with Crippen LogP contribution in [0.4, 0.5) is 11.4 Å². The molecule has 1 heterocycles. The van der Waals surface area contributed by atoms with E-state index in [1.54, 1.807) is 43.5 Å². The van der Waals surface area contributed by atoms with Crippen LogP contribution >= 0.6 is 0 Å². The van der Waals surface area contributed by atoms with E-state index in [-0.39, 0.29) is 17.7 Å². The molecule has 174 valence electrons. The fourth-order valence-electron chi connectivity index (χ4n) is 3.87. The number of hydrogen-bond donors (Lipinski definition) is 1. The first-order chi connectivity index (χ1) is 16.3. The lowest BCUT2D eigenvalue weighted by atomic mass is 10.0. The number of anilines is 2. The summed E-state index contributed by atoms with van der Waals surface area (Å²) in [7, 11) is 1.57. The van der Waals surface area contributed by atoms with Gasteiger partial charge in [0.05, 0.1) is 30.2 Å². The highest BCUT2D eigenvalue weighted by atomic mass is 16.5. The van der Waals surface area contributed by atoms with Gasteiger partial charge < -0.3 is 14.8 Å². The quantitative estimate of drug-likeness (QED) is 0.476. The molecule has 2 amide bonds. The minimum absolute atomic E-state index is 0.0304. The molecule has 0 atom stereocenters. The zero-order valence-corrected chi connectivity index (χ0v) is 20.0. The standard InChI is InChI=1S/C28H28N2O4/c1-17(2)34-22-13-9-20(10-14-22)25-26(29-23-16-19(4)8-15-24(23)33-5)28(32)30(27(25)31)21-11-6-18(3)7-12-21/h6-17,29H,1-5H3. The van der Waals surface area contributed by atoms with Crippen LogP contribution in [0.5, 0.6) is 11.5 Å². The molecule has 0 saturated heterocycles. The van der Waals surface area contributed by atoms with Crippen molar-refractivity contribution in [3.8, 4) is 11.5 Å². The van der Waals surface area contributed by atoms with Gasteiger partial charge in [0.25, 0.3) is 11.8 Å². The first kappa shape index (κ1) is 23.1. The molecule has 4 rings (SSSR count). The molecule has 0 unspecified atom stereocenters. The van der Waals surface area contributed by atoms with E-state index in [0.717, 1.165) is 11.1 Å². The third kappa shape index (κ3) is 4.53. The van der Waals surface area contributed by atoms with E-state index in [0.29, 0.717) is 34.0 Å². The number of hydrogen-bond acceptors (Lipinski definition) is 5. The van der Waals surface area contributed by atoms with Crippen molar-refractivity contribution in [3.05, 3.63) is 89.1 Å². The number of nitrogens with one attached hydrogen (secondary N) is 1. The van der Waals surface area contributed by atoms with Gasteiger partial charge in [-0.15, -0.1) is 0 Å². The van der Waals surface area contributed by atoms with Crippen molar-refractivity contribution in [1.29, 1.82) is 0 Å². The van der Waals surface area contributed by atoms with Gasteiger partial charge in [0.2, 0.25) is 0 Å². The maximum Gasteiger partial charge on any atom is 0.282 e. The summed E-state index contributed by atoms with van der Waals surface area (Å²) in [5.74, 6) is 0.462. The maximum atomic E-state index is 13.6. The summed E-state index contributed by atoms with van der Waals surface area (Å²) in [6.45, 7) is 7.81. The highest BCUT2D eigenvalue weighted by molar-refractivity contribution is 6.46. The number of carbonyl (C=O) groups excluding carboxylic acids is 2. The lowest BCUT2D eigenvalue weighted by Crippen LogP contribution is -2.32. The average molecular weight is 457 g/mol. The summed E-state index contributed by atoms with van der Waals surface area (Å²) in [5.41, 5.74) is 4.29. The van der Waals surface area contributed by atoms with Crippen LogP contribution in [-0.2, 0) is 9.59 Å². The van der Waals surface area contributed by atoms with Crippen LogP contribution in [0.15, 0.2) is 72.4 Å². The molecule has 6 nitrogen and oxygen atoms in total. The van der Waals surface area contributed by atoms with Crippen LogP contribution < -0.4 is 19.7 Å². The number of rotatable bonds is 7. The zero-order valence-electron chi connectivity index (χ0n) is 20.0. The van der Waals surface area contributed by atoms with E-state index in [4.69, 9.17) is 9.47 Å². The summed E-state index contributed by atoms with van der Waals surface area (Å²) in [6, 6.07) is 20.1. The Hall–Kier alpha value is -4.06. The summed E-state index contributed by atoms with van der Waals surface area (Å²) in [5, 5.41) is 3.20. The zero-order chi connectivity index (χ0) is 24.4. The molecule has 0 spiro atoms. The minimum Gasteiger partial charge on any atom is -0.495 e. The van der Waals surface area contributed by atoms with Crippen molar-refractivity contribution in [1.82, 2.24) is 0 Å². The summed E-state index contributed by atoms with van der Waals surface area (Å²) >= 11 is 0. The Balaban J connectivity index is 1.81. The molecule has 1 aliphatic rings. The number of imide groups is 1. The lowest BCUT2D eigenvalue weighted by molar-refractivity contribution is -0.120. The summed E-state index contributed by atoms with van der Waals surface area (Å²) in [6.07, 6.45) is 0.0304. The van der Waals surface area contributed by atoms with Gasteiger partial charge in [-0.1, -0.05) is 35.9 Å². The van der Waals surface area contributed by atoms with Gasteiger partial charge in [-0.2, -0.15) is 0 Å². The fraction of sp³-hybridized carbons (Fsp3) is 0.214. The molecule has 34 heavy (non-hydrogen) atoms. The molecule has 1 N–H and O–H groups in total. The molecule has 3 aromatic carbocycles. The minimum atomic E-state index is -0.421. The van der Waals surface area contributed by atoms with Crippen molar-refractivity contribution < 1.29 is 19.1 Å². The first-order valence-corrected chi connectivity index (χ1v) is 11.2. The van der Waals surface area contributed by atoms with Crippen LogP contribution in [0.2, 0.25) is 0 Å². The summed E-state index contributed by atoms with van der Waals surface area (Å²) < 4.78 is 11.2. The van der Waals surface area contributed by atoms with Gasteiger partial charge in [0.15, 0.2) is 0 Å². The van der Waals surface area contributed by atoms with Gasteiger partial charge in [-0.25, -0.2) is 4.90 Å². The average Bonchev–Trinajstić information content (AvgIpc) is 3.04. The SMILES string of the molecule is COc1ccc(C)cc1NC1=C(c2ccc(OC(C)C)cc2)C(=O)N(c2ccc(C)cc2)C1=O. The van der Waals surface area contributed by atoms with E-state index < -0.39 is 5.91 Å². The Morgan fingerprint density at radius 2 is 1.47 bits per heavy atom. The van der Waals surface area contributed by atoms with Gasteiger partial charge in [-0.05, 0) is 75.2 Å². The topological polar surface area (TPSA) is 67.9 Å². The van der Waals surface area contributed by atoms with E-state index in [1.165, 1.54) is 4.90 Å². The third-order valence-electron chi connectivity index (χ3n) is 5.51. The Kier molecular flexibility index (Phi) is 6.41. The van der Waals surface area contributed by atoms with E-state index in [9.17, 15) is 9.59 Å². The van der Waals surface area contributed by atoms with Crippen molar-refractivity contribution in [2.75, 3.05) is 17.3 Å². The predicted octanol–water partition coefficient (Wildman–Crippen LogP) is 5.50. The number of ether oxygens (including phenoxy) is 2. The number of aryl methyl sites for hydroxylation is 2. The molecule has 0 radical (unpaired) electrons. The van der Waals surface area contributed by atoms with Crippen molar-refractivity contribution in [2.45, 2.75) is 33.8 Å². The van der Waals surface area contributed by atoms with Crippen LogP contribution in [0, 0.1) is 13.8 Å². The Bertz CT molecular complexity index is 1260. The van der Waals surface area contributed by atoms with E-state index in [1.807, 2.05) is 58.0 Å². The number of amides is 2. The van der Waals surface area contributed by atoms with Crippen molar-refractivity contribution in [3.63, 3.8) is 0 Å². The Morgan fingerprint density at radius 3 is 2.09 bits per heavy atom. The van der Waals surface area contributed by atoms with Crippen LogP contribution in [-0.4, -0.2) is 25.0 Å². The highest BCUT2D eigenvalue weighted by Crippen LogP contribution is 2.36.